The van der Waals surface area contributed by atoms with E-state index in [2.05, 4.69) is 21.5 Å². The van der Waals surface area contributed by atoms with Crippen molar-refractivity contribution in [3.05, 3.63) is 34.8 Å². The zero-order chi connectivity index (χ0) is 17.0. The summed E-state index contributed by atoms with van der Waals surface area (Å²) in [6.45, 7) is 3.60. The predicted octanol–water partition coefficient (Wildman–Crippen LogP) is 3.93. The number of sulfonamides is 1. The van der Waals surface area contributed by atoms with E-state index in [4.69, 9.17) is 27.9 Å². The van der Waals surface area contributed by atoms with Crippen molar-refractivity contribution < 1.29 is 13.2 Å². The van der Waals surface area contributed by atoms with Crippen molar-refractivity contribution in [1.29, 1.82) is 0 Å². The minimum absolute atomic E-state index is 0.0246. The van der Waals surface area contributed by atoms with Crippen LogP contribution in [0.2, 0.25) is 10.0 Å². The Morgan fingerprint density at radius 1 is 1.39 bits per heavy atom. The van der Waals surface area contributed by atoms with Gasteiger partial charge in [-0.25, -0.2) is 8.42 Å². The molecule has 0 amide bonds. The molecule has 1 heterocycles. The van der Waals surface area contributed by atoms with Gasteiger partial charge in [0.2, 0.25) is 5.13 Å². The second-order valence-electron chi connectivity index (χ2n) is 3.97. The first-order valence-corrected chi connectivity index (χ1v) is 10.0. The van der Waals surface area contributed by atoms with E-state index in [-0.39, 0.29) is 25.8 Å². The van der Waals surface area contributed by atoms with Crippen LogP contribution in [0.3, 0.4) is 0 Å². The molecule has 1 N–H and O–H groups in total. The second kappa shape index (κ2) is 7.71. The maximum absolute atomic E-state index is 12.4. The molecule has 0 aliphatic carbocycles. The Morgan fingerprint density at radius 3 is 2.78 bits per heavy atom. The molecule has 2 rings (SSSR count). The van der Waals surface area contributed by atoms with Crippen LogP contribution >= 0.6 is 46.3 Å². The molecule has 0 atom stereocenters. The van der Waals surface area contributed by atoms with Crippen LogP contribution in [0.5, 0.6) is 5.75 Å². The van der Waals surface area contributed by atoms with Crippen LogP contribution < -0.4 is 9.46 Å². The van der Waals surface area contributed by atoms with E-state index < -0.39 is 10.0 Å². The molecular formula is C12H11Cl2N3O3S3. The average Bonchev–Trinajstić information content (AvgIpc) is 2.94. The van der Waals surface area contributed by atoms with Crippen LogP contribution in [-0.4, -0.2) is 31.5 Å². The summed E-state index contributed by atoms with van der Waals surface area (Å²) in [4.78, 5) is -0.166. The van der Waals surface area contributed by atoms with E-state index in [1.54, 1.807) is 6.08 Å². The van der Waals surface area contributed by atoms with Crippen molar-refractivity contribution in [3.63, 3.8) is 0 Å². The maximum atomic E-state index is 12.4. The quantitative estimate of drug-likeness (QED) is 0.548. The van der Waals surface area contributed by atoms with Gasteiger partial charge in [-0.15, -0.1) is 16.8 Å². The van der Waals surface area contributed by atoms with Gasteiger partial charge < -0.3 is 4.74 Å². The Labute approximate surface area is 151 Å². The van der Waals surface area contributed by atoms with Crippen LogP contribution in [0.25, 0.3) is 0 Å². The number of halogens is 2. The molecule has 0 saturated carbocycles. The molecule has 0 aliphatic rings. The molecule has 0 unspecified atom stereocenters. The Morgan fingerprint density at radius 2 is 2.13 bits per heavy atom. The highest BCUT2D eigenvalue weighted by atomic mass is 35.5. The molecule has 6 nitrogen and oxygen atoms in total. The summed E-state index contributed by atoms with van der Waals surface area (Å²) in [5.41, 5.74) is 0. The predicted molar refractivity (Wildman–Crippen MR) is 94.7 cm³/mol. The normalized spacial score (nSPS) is 11.3. The average molecular weight is 412 g/mol. The molecular weight excluding hydrogens is 401 g/mol. The highest BCUT2D eigenvalue weighted by molar-refractivity contribution is 8.01. The summed E-state index contributed by atoms with van der Waals surface area (Å²) in [7, 11) is -2.53. The summed E-state index contributed by atoms with van der Waals surface area (Å²) in [6.07, 6.45) is 1.72. The molecule has 0 aliphatic heterocycles. The second-order valence-corrected chi connectivity index (χ2v) is 8.62. The Bertz CT molecular complexity index is 824. The Hall–Kier alpha value is -1.000. The van der Waals surface area contributed by atoms with Gasteiger partial charge in [0.25, 0.3) is 10.0 Å². The zero-order valence-corrected chi connectivity index (χ0v) is 15.7. The van der Waals surface area contributed by atoms with Gasteiger partial charge in [-0.2, -0.15) is 0 Å². The van der Waals surface area contributed by atoms with Crippen LogP contribution in [0.1, 0.15) is 0 Å². The number of anilines is 1. The number of aromatic nitrogens is 2. The molecule has 23 heavy (non-hydrogen) atoms. The lowest BCUT2D eigenvalue weighted by atomic mass is 10.3. The topological polar surface area (TPSA) is 81.2 Å². The highest BCUT2D eigenvalue weighted by Crippen LogP contribution is 2.37. The summed E-state index contributed by atoms with van der Waals surface area (Å²) in [6, 6.07) is 2.73. The fourth-order valence-corrected chi connectivity index (χ4v) is 5.07. The van der Waals surface area contributed by atoms with Crippen molar-refractivity contribution in [2.75, 3.05) is 17.6 Å². The van der Waals surface area contributed by atoms with E-state index in [1.807, 2.05) is 0 Å². The number of hydrogen-bond acceptors (Lipinski definition) is 7. The lowest BCUT2D eigenvalue weighted by molar-refractivity contribution is 0.414. The number of benzene rings is 1. The van der Waals surface area contributed by atoms with Gasteiger partial charge in [-0.05, 0) is 12.1 Å². The van der Waals surface area contributed by atoms with E-state index in [1.165, 1.54) is 31.0 Å². The van der Waals surface area contributed by atoms with Crippen molar-refractivity contribution in [1.82, 2.24) is 10.2 Å². The first kappa shape index (κ1) is 18.3. The monoisotopic (exact) mass is 411 g/mol. The van der Waals surface area contributed by atoms with Gasteiger partial charge in [0, 0.05) is 5.75 Å². The third-order valence-electron chi connectivity index (χ3n) is 2.47. The third kappa shape index (κ3) is 4.30. The van der Waals surface area contributed by atoms with Crippen molar-refractivity contribution in [2.24, 2.45) is 0 Å². The molecule has 11 heteroatoms. The number of hydrogen-bond donors (Lipinski definition) is 1. The van der Waals surface area contributed by atoms with Crippen molar-refractivity contribution in [2.45, 2.75) is 9.24 Å². The first-order valence-electron chi connectivity index (χ1n) is 6.01. The zero-order valence-electron chi connectivity index (χ0n) is 11.7. The van der Waals surface area contributed by atoms with E-state index >= 15 is 0 Å². The molecule has 0 spiro atoms. The minimum atomic E-state index is -3.94. The van der Waals surface area contributed by atoms with Crippen molar-refractivity contribution in [3.8, 4) is 5.75 Å². The number of thioether (sulfide) groups is 1. The third-order valence-corrected chi connectivity index (χ3v) is 6.93. The van der Waals surface area contributed by atoms with Gasteiger partial charge in [0.15, 0.2) is 4.34 Å². The minimum Gasteiger partial charge on any atom is -0.495 e. The largest absolute Gasteiger partial charge is 0.495 e. The van der Waals surface area contributed by atoms with Crippen LogP contribution in [0.15, 0.2) is 34.0 Å². The number of nitrogens with one attached hydrogen (secondary N) is 1. The van der Waals surface area contributed by atoms with Crippen LogP contribution in [-0.2, 0) is 10.0 Å². The number of ether oxygens (including phenoxy) is 1. The van der Waals surface area contributed by atoms with Gasteiger partial charge in [0.05, 0.1) is 12.1 Å². The summed E-state index contributed by atoms with van der Waals surface area (Å²) >= 11 is 14.5. The number of nitrogens with zero attached hydrogens (tertiary/aromatic N) is 2. The Kier molecular flexibility index (Phi) is 6.15. The molecule has 0 radical (unpaired) electrons. The smallest absolute Gasteiger partial charge is 0.265 e. The highest BCUT2D eigenvalue weighted by Gasteiger charge is 2.23. The van der Waals surface area contributed by atoms with Crippen LogP contribution in [0, 0.1) is 0 Å². The fourth-order valence-electron chi connectivity index (χ4n) is 1.49. The number of methoxy groups -OCH3 is 1. The van der Waals surface area contributed by atoms with Gasteiger partial charge >= 0.3 is 0 Å². The molecule has 0 fully saturated rings. The summed E-state index contributed by atoms with van der Waals surface area (Å²) in [5, 5.41) is 7.71. The van der Waals surface area contributed by atoms with E-state index in [0.29, 0.717) is 10.1 Å². The van der Waals surface area contributed by atoms with Crippen molar-refractivity contribution >= 4 is 61.5 Å². The van der Waals surface area contributed by atoms with Gasteiger partial charge in [0.1, 0.15) is 15.7 Å². The van der Waals surface area contributed by atoms with E-state index in [9.17, 15) is 8.42 Å². The lowest BCUT2D eigenvalue weighted by Gasteiger charge is -2.10. The summed E-state index contributed by atoms with van der Waals surface area (Å²) < 4.78 is 32.8. The molecule has 0 saturated heterocycles. The summed E-state index contributed by atoms with van der Waals surface area (Å²) in [5.74, 6) is 0.941. The molecule has 1 aromatic heterocycles. The lowest BCUT2D eigenvalue weighted by Crippen LogP contribution is -2.13. The number of rotatable bonds is 7. The van der Waals surface area contributed by atoms with Crippen LogP contribution in [0.4, 0.5) is 5.13 Å². The molecule has 0 bridgehead atoms. The maximum Gasteiger partial charge on any atom is 0.265 e. The fraction of sp³-hybridized carbons (Fsp3) is 0.167. The standard InChI is InChI=1S/C12H11Cl2N3O3S3/c1-3-6-21-12-16-15-11(22-12)17-23(18,19)8-5-4-7(20-2)9(13)10(8)14/h3-5H,1,6H2,2H3,(H,15,17). The molecule has 1 aromatic carbocycles. The molecule has 124 valence electrons. The van der Waals surface area contributed by atoms with E-state index in [0.717, 1.165) is 11.3 Å². The first-order chi connectivity index (χ1) is 10.9. The van der Waals surface area contributed by atoms with Gasteiger partial charge in [-0.1, -0.05) is 52.4 Å². The molecule has 2 aromatic rings. The Balaban J connectivity index is 2.27. The SMILES string of the molecule is C=CCSc1nnc(NS(=O)(=O)c2ccc(OC)c(Cl)c2Cl)s1. The van der Waals surface area contributed by atoms with Gasteiger partial charge in [-0.3, -0.25) is 4.72 Å².